The van der Waals surface area contributed by atoms with Crippen molar-refractivity contribution in [3.8, 4) is 0 Å². The zero-order valence-corrected chi connectivity index (χ0v) is 14.1. The van der Waals surface area contributed by atoms with Crippen LogP contribution in [0.2, 0.25) is 10.0 Å². The molecule has 20 heavy (non-hydrogen) atoms. The molecule has 0 bridgehead atoms. The minimum Gasteiger partial charge on any atom is -0.387 e. The van der Waals surface area contributed by atoms with E-state index in [1.54, 1.807) is 23.5 Å². The van der Waals surface area contributed by atoms with Gasteiger partial charge < -0.3 is 5.11 Å². The third-order valence-corrected chi connectivity index (χ3v) is 5.33. The summed E-state index contributed by atoms with van der Waals surface area (Å²) in [6.07, 6.45) is -0.0733. The first kappa shape index (κ1) is 15.8. The van der Waals surface area contributed by atoms with Gasteiger partial charge in [0.25, 0.3) is 0 Å². The van der Waals surface area contributed by atoms with Gasteiger partial charge in [-0.05, 0) is 41.3 Å². The lowest BCUT2D eigenvalue weighted by Crippen LogP contribution is -2.08. The summed E-state index contributed by atoms with van der Waals surface area (Å²) in [5.41, 5.74) is 0.980. The van der Waals surface area contributed by atoms with Crippen LogP contribution in [-0.4, -0.2) is 5.11 Å². The molecule has 1 heterocycles. The molecule has 0 aliphatic carbocycles. The summed E-state index contributed by atoms with van der Waals surface area (Å²) in [4.78, 5) is 2.23. The average molecular weight is 329 g/mol. The molecule has 108 valence electrons. The summed E-state index contributed by atoms with van der Waals surface area (Å²) in [5.74, 6) is 0. The monoisotopic (exact) mass is 328 g/mol. The molecule has 1 atom stereocenters. The van der Waals surface area contributed by atoms with E-state index in [4.69, 9.17) is 23.2 Å². The van der Waals surface area contributed by atoms with Crippen molar-refractivity contribution in [2.45, 2.75) is 38.7 Å². The lowest BCUT2D eigenvalue weighted by Gasteiger charge is -2.16. The number of aliphatic hydroxyl groups is 1. The van der Waals surface area contributed by atoms with Gasteiger partial charge in [0.05, 0.1) is 6.10 Å². The molecule has 2 aromatic rings. The van der Waals surface area contributed by atoms with E-state index in [1.165, 1.54) is 4.88 Å². The molecule has 2 rings (SSSR count). The molecule has 0 radical (unpaired) electrons. The highest BCUT2D eigenvalue weighted by Crippen LogP contribution is 2.34. The molecule has 0 aliphatic heterocycles. The summed E-state index contributed by atoms with van der Waals surface area (Å²) in [5, 5.41) is 11.7. The normalized spacial score (nSPS) is 13.5. The van der Waals surface area contributed by atoms with E-state index in [9.17, 15) is 5.11 Å². The van der Waals surface area contributed by atoms with Crippen molar-refractivity contribution in [2.24, 2.45) is 0 Å². The maximum absolute atomic E-state index is 10.4. The third-order valence-electron chi connectivity index (χ3n) is 3.12. The van der Waals surface area contributed by atoms with Gasteiger partial charge in [0.1, 0.15) is 0 Å². The molecule has 0 saturated heterocycles. The number of benzene rings is 1. The first-order valence-electron chi connectivity index (χ1n) is 6.49. The van der Waals surface area contributed by atoms with Gasteiger partial charge in [-0.2, -0.15) is 0 Å². The second-order valence-electron chi connectivity index (χ2n) is 5.91. The van der Waals surface area contributed by atoms with Crippen molar-refractivity contribution in [3.05, 3.63) is 55.7 Å². The summed E-state index contributed by atoms with van der Waals surface area (Å²) in [6, 6.07) is 9.41. The molecule has 0 fully saturated rings. The third kappa shape index (κ3) is 3.76. The Balaban J connectivity index is 2.18. The molecule has 1 aromatic carbocycles. The van der Waals surface area contributed by atoms with E-state index in [2.05, 4.69) is 26.8 Å². The number of aliphatic hydroxyl groups excluding tert-OH is 1. The topological polar surface area (TPSA) is 20.2 Å². The Kier molecular flexibility index (Phi) is 4.80. The van der Waals surface area contributed by atoms with Crippen LogP contribution < -0.4 is 0 Å². The van der Waals surface area contributed by atoms with Crippen LogP contribution in [-0.2, 0) is 11.8 Å². The van der Waals surface area contributed by atoms with Gasteiger partial charge in [0, 0.05) is 26.2 Å². The summed E-state index contributed by atoms with van der Waals surface area (Å²) < 4.78 is 0. The Morgan fingerprint density at radius 3 is 2.45 bits per heavy atom. The van der Waals surface area contributed by atoms with E-state index < -0.39 is 6.10 Å². The van der Waals surface area contributed by atoms with Crippen LogP contribution in [0.5, 0.6) is 0 Å². The van der Waals surface area contributed by atoms with Crippen LogP contribution in [0.3, 0.4) is 0 Å². The second kappa shape index (κ2) is 6.07. The number of rotatable bonds is 3. The molecular formula is C16H18Cl2OS. The van der Waals surface area contributed by atoms with E-state index in [0.29, 0.717) is 16.5 Å². The predicted octanol–water partition coefficient (Wildman–Crippen LogP) is 5.63. The maximum Gasteiger partial charge on any atom is 0.0922 e. The fourth-order valence-electron chi connectivity index (χ4n) is 1.94. The van der Waals surface area contributed by atoms with Gasteiger partial charge in [0.2, 0.25) is 0 Å². The standard InChI is InChI=1S/C16H18Cl2OS/c1-16(2,3)15-7-6-14(20-15)13(19)9-10-8-11(17)4-5-12(10)18/h4-8,13,19H,9H2,1-3H3. The van der Waals surface area contributed by atoms with Gasteiger partial charge in [-0.25, -0.2) is 0 Å². The van der Waals surface area contributed by atoms with Crippen LogP contribution in [0.15, 0.2) is 30.3 Å². The van der Waals surface area contributed by atoms with Crippen molar-refractivity contribution in [3.63, 3.8) is 0 Å². The number of hydrogen-bond acceptors (Lipinski definition) is 2. The fraction of sp³-hybridized carbons (Fsp3) is 0.375. The highest BCUT2D eigenvalue weighted by molar-refractivity contribution is 7.12. The molecule has 1 nitrogen and oxygen atoms in total. The quantitative estimate of drug-likeness (QED) is 0.774. The molecule has 0 amide bonds. The Hall–Kier alpha value is -0.540. The van der Waals surface area contributed by atoms with E-state index in [1.807, 2.05) is 12.1 Å². The molecular weight excluding hydrogens is 311 g/mol. The van der Waals surface area contributed by atoms with Crippen molar-refractivity contribution in [1.29, 1.82) is 0 Å². The Morgan fingerprint density at radius 1 is 1.15 bits per heavy atom. The van der Waals surface area contributed by atoms with Crippen LogP contribution in [0.4, 0.5) is 0 Å². The van der Waals surface area contributed by atoms with Gasteiger partial charge in [-0.15, -0.1) is 11.3 Å². The summed E-state index contributed by atoms with van der Waals surface area (Å²) >= 11 is 13.8. The van der Waals surface area contributed by atoms with E-state index in [0.717, 1.165) is 10.4 Å². The molecule has 0 spiro atoms. The predicted molar refractivity (Wildman–Crippen MR) is 88.1 cm³/mol. The zero-order valence-electron chi connectivity index (χ0n) is 11.8. The summed E-state index contributed by atoms with van der Waals surface area (Å²) in [7, 11) is 0. The fourth-order valence-corrected chi connectivity index (χ4v) is 3.38. The molecule has 1 unspecified atom stereocenters. The smallest absolute Gasteiger partial charge is 0.0922 e. The van der Waals surface area contributed by atoms with Gasteiger partial charge in [-0.1, -0.05) is 44.0 Å². The highest BCUT2D eigenvalue weighted by atomic mass is 35.5. The number of hydrogen-bond donors (Lipinski definition) is 1. The van der Waals surface area contributed by atoms with E-state index >= 15 is 0 Å². The molecule has 1 aromatic heterocycles. The maximum atomic E-state index is 10.4. The van der Waals surface area contributed by atoms with Crippen molar-refractivity contribution in [2.75, 3.05) is 0 Å². The number of thiophene rings is 1. The van der Waals surface area contributed by atoms with Crippen molar-refractivity contribution >= 4 is 34.5 Å². The van der Waals surface area contributed by atoms with Crippen LogP contribution in [0, 0.1) is 0 Å². The van der Waals surface area contributed by atoms with Gasteiger partial charge in [-0.3, -0.25) is 0 Å². The molecule has 1 N–H and O–H groups in total. The van der Waals surface area contributed by atoms with E-state index in [-0.39, 0.29) is 5.41 Å². The van der Waals surface area contributed by atoms with Crippen LogP contribution in [0.1, 0.15) is 42.2 Å². The second-order valence-corrected chi connectivity index (χ2v) is 7.87. The lowest BCUT2D eigenvalue weighted by atomic mass is 9.95. The average Bonchev–Trinajstić information content (AvgIpc) is 2.83. The van der Waals surface area contributed by atoms with Crippen LogP contribution >= 0.6 is 34.5 Å². The summed E-state index contributed by atoms with van der Waals surface area (Å²) in [6.45, 7) is 6.51. The van der Waals surface area contributed by atoms with Crippen LogP contribution in [0.25, 0.3) is 0 Å². The number of halogens is 2. The zero-order chi connectivity index (χ0) is 14.9. The Labute approximate surface area is 134 Å². The van der Waals surface area contributed by atoms with Crippen molar-refractivity contribution < 1.29 is 5.11 Å². The minimum absolute atomic E-state index is 0.107. The highest BCUT2D eigenvalue weighted by Gasteiger charge is 2.19. The lowest BCUT2D eigenvalue weighted by molar-refractivity contribution is 0.182. The Bertz CT molecular complexity index is 599. The van der Waals surface area contributed by atoms with Gasteiger partial charge in [0.15, 0.2) is 0 Å². The Morgan fingerprint density at radius 2 is 1.85 bits per heavy atom. The first-order valence-corrected chi connectivity index (χ1v) is 8.07. The largest absolute Gasteiger partial charge is 0.387 e. The molecule has 0 aliphatic rings. The SMILES string of the molecule is CC(C)(C)c1ccc(C(O)Cc2cc(Cl)ccc2Cl)s1. The minimum atomic E-state index is -0.549. The molecule has 4 heteroatoms. The van der Waals surface area contributed by atoms with Crippen molar-refractivity contribution in [1.82, 2.24) is 0 Å². The van der Waals surface area contributed by atoms with Gasteiger partial charge >= 0.3 is 0 Å². The first-order chi connectivity index (χ1) is 9.27. The molecule has 0 saturated carbocycles.